The zero-order valence-electron chi connectivity index (χ0n) is 17.5. The minimum absolute atomic E-state index is 0. The molecule has 0 bridgehead atoms. The molecule has 0 aromatic heterocycles. The summed E-state index contributed by atoms with van der Waals surface area (Å²) in [7, 11) is 5.82. The van der Waals surface area contributed by atoms with Crippen molar-refractivity contribution in [3.05, 3.63) is 0 Å². The Morgan fingerprint density at radius 1 is 1.15 bits per heavy atom. The molecule has 160 valence electrons. The largest absolute Gasteiger partial charge is 0.382 e. The highest BCUT2D eigenvalue weighted by Crippen LogP contribution is 2.16. The van der Waals surface area contributed by atoms with Crippen LogP contribution in [0.15, 0.2) is 4.99 Å². The molecule has 0 radical (unpaired) electrons. The van der Waals surface area contributed by atoms with E-state index in [1.807, 2.05) is 7.05 Å². The average Bonchev–Trinajstić information content (AvgIpc) is 3.01. The van der Waals surface area contributed by atoms with E-state index in [1.165, 1.54) is 52.0 Å². The molecule has 0 spiro atoms. The fourth-order valence-electron chi connectivity index (χ4n) is 3.71. The first-order chi connectivity index (χ1) is 12.7. The number of guanidine groups is 1. The van der Waals surface area contributed by atoms with Crippen LogP contribution < -0.4 is 5.32 Å². The fourth-order valence-corrected chi connectivity index (χ4v) is 3.71. The van der Waals surface area contributed by atoms with Gasteiger partial charge in [0, 0.05) is 52.8 Å². The second-order valence-electron chi connectivity index (χ2n) is 7.49. The molecule has 0 aromatic carbocycles. The number of halogens is 1. The number of aliphatic imine (C=N–C) groups is 1. The van der Waals surface area contributed by atoms with Gasteiger partial charge in [0.2, 0.25) is 0 Å². The first kappa shape index (κ1) is 24.9. The second-order valence-corrected chi connectivity index (χ2v) is 7.49. The molecule has 27 heavy (non-hydrogen) atoms. The predicted octanol–water partition coefficient (Wildman–Crippen LogP) is 1.19. The third kappa shape index (κ3) is 9.74. The molecule has 2 heterocycles. The van der Waals surface area contributed by atoms with Crippen LogP contribution in [-0.4, -0.2) is 114 Å². The maximum absolute atomic E-state index is 5.68. The molecule has 7 nitrogen and oxygen atoms in total. The normalized spacial score (nSPS) is 22.6. The summed E-state index contributed by atoms with van der Waals surface area (Å²) < 4.78 is 10.7. The van der Waals surface area contributed by atoms with Gasteiger partial charge in [0.15, 0.2) is 5.96 Å². The summed E-state index contributed by atoms with van der Waals surface area (Å²) in [6.45, 7) is 11.3. The minimum atomic E-state index is 0. The second kappa shape index (κ2) is 14.8. The molecule has 1 unspecified atom stereocenters. The van der Waals surface area contributed by atoms with Gasteiger partial charge in [-0.2, -0.15) is 0 Å². The van der Waals surface area contributed by atoms with Crippen LogP contribution in [-0.2, 0) is 9.47 Å². The van der Waals surface area contributed by atoms with Crippen molar-refractivity contribution < 1.29 is 9.47 Å². The van der Waals surface area contributed by atoms with E-state index < -0.39 is 0 Å². The lowest BCUT2D eigenvalue weighted by atomic mass is 10.1. The van der Waals surface area contributed by atoms with Crippen LogP contribution in [0.5, 0.6) is 0 Å². The number of likely N-dealkylation sites (tertiary alicyclic amines) is 1. The van der Waals surface area contributed by atoms with Crippen LogP contribution in [0.4, 0.5) is 0 Å². The molecule has 0 saturated carbocycles. The molecule has 8 heteroatoms. The monoisotopic (exact) mass is 497 g/mol. The Morgan fingerprint density at radius 3 is 2.78 bits per heavy atom. The van der Waals surface area contributed by atoms with Crippen LogP contribution in [0.2, 0.25) is 0 Å². The maximum atomic E-state index is 5.68. The quantitative estimate of drug-likeness (QED) is 0.224. The first-order valence-electron chi connectivity index (χ1n) is 10.2. The summed E-state index contributed by atoms with van der Waals surface area (Å²) in [5.74, 6) is 1.64. The van der Waals surface area contributed by atoms with E-state index >= 15 is 0 Å². The predicted molar refractivity (Wildman–Crippen MR) is 122 cm³/mol. The summed E-state index contributed by atoms with van der Waals surface area (Å²) in [6, 6.07) is 0. The number of nitrogens with one attached hydrogen (secondary N) is 1. The van der Waals surface area contributed by atoms with E-state index in [4.69, 9.17) is 9.47 Å². The van der Waals surface area contributed by atoms with Crippen LogP contribution in [0.1, 0.15) is 19.3 Å². The van der Waals surface area contributed by atoms with Crippen LogP contribution in [0.25, 0.3) is 0 Å². The molecule has 0 aliphatic carbocycles. The van der Waals surface area contributed by atoms with Crippen LogP contribution in [0, 0.1) is 5.92 Å². The van der Waals surface area contributed by atoms with Crippen molar-refractivity contribution in [2.24, 2.45) is 10.9 Å². The lowest BCUT2D eigenvalue weighted by Crippen LogP contribution is -2.41. The molecule has 2 fully saturated rings. The molecule has 2 saturated heterocycles. The zero-order chi connectivity index (χ0) is 18.6. The molecule has 1 atom stereocenters. The third-order valence-corrected chi connectivity index (χ3v) is 5.33. The van der Waals surface area contributed by atoms with Gasteiger partial charge in [0.1, 0.15) is 0 Å². The highest BCUT2D eigenvalue weighted by molar-refractivity contribution is 14.0. The van der Waals surface area contributed by atoms with Crippen LogP contribution >= 0.6 is 24.0 Å². The smallest absolute Gasteiger partial charge is 0.193 e. The Labute approximate surface area is 182 Å². The molecule has 0 aromatic rings. The number of likely N-dealkylation sites (N-methyl/N-ethyl adjacent to an activating group) is 1. The van der Waals surface area contributed by atoms with Crippen molar-refractivity contribution in [1.29, 1.82) is 0 Å². The molecular weight excluding hydrogens is 457 g/mol. The highest BCUT2D eigenvalue weighted by Gasteiger charge is 2.24. The van der Waals surface area contributed by atoms with Gasteiger partial charge in [-0.1, -0.05) is 0 Å². The van der Waals surface area contributed by atoms with Gasteiger partial charge >= 0.3 is 0 Å². The van der Waals surface area contributed by atoms with Gasteiger partial charge in [-0.15, -0.1) is 24.0 Å². The van der Waals surface area contributed by atoms with Gasteiger partial charge in [-0.25, -0.2) is 0 Å². The molecule has 2 rings (SSSR count). The Bertz CT molecular complexity index is 414. The van der Waals surface area contributed by atoms with Crippen molar-refractivity contribution >= 4 is 29.9 Å². The lowest BCUT2D eigenvalue weighted by Gasteiger charge is -2.23. The lowest BCUT2D eigenvalue weighted by molar-refractivity contribution is 0.0536. The number of methoxy groups -OCH3 is 1. The van der Waals surface area contributed by atoms with Gasteiger partial charge in [-0.05, 0) is 45.9 Å². The zero-order valence-corrected chi connectivity index (χ0v) is 19.8. The summed E-state index contributed by atoms with van der Waals surface area (Å²) >= 11 is 0. The maximum Gasteiger partial charge on any atom is 0.193 e. The van der Waals surface area contributed by atoms with Gasteiger partial charge in [0.05, 0.1) is 19.8 Å². The van der Waals surface area contributed by atoms with E-state index in [-0.39, 0.29) is 24.0 Å². The highest BCUT2D eigenvalue weighted by atomic mass is 127. The first-order valence-corrected chi connectivity index (χ1v) is 10.2. The van der Waals surface area contributed by atoms with E-state index in [0.717, 1.165) is 32.2 Å². The average molecular weight is 497 g/mol. The number of nitrogens with zero attached hydrogens (tertiary/aromatic N) is 4. The molecular formula is C19H40IN5O2. The van der Waals surface area contributed by atoms with Crippen molar-refractivity contribution in [2.45, 2.75) is 19.3 Å². The molecule has 2 aliphatic rings. The fraction of sp³-hybridized carbons (Fsp3) is 0.947. The number of hydrogen-bond donors (Lipinski definition) is 1. The van der Waals surface area contributed by atoms with E-state index in [1.54, 1.807) is 7.11 Å². The van der Waals surface area contributed by atoms with Gasteiger partial charge < -0.3 is 29.5 Å². The summed E-state index contributed by atoms with van der Waals surface area (Å²) in [5.41, 5.74) is 0. The van der Waals surface area contributed by atoms with Crippen LogP contribution in [0.3, 0.4) is 0 Å². The van der Waals surface area contributed by atoms with Gasteiger partial charge in [0.25, 0.3) is 0 Å². The van der Waals surface area contributed by atoms with Crippen molar-refractivity contribution in [3.63, 3.8) is 0 Å². The topological polar surface area (TPSA) is 52.6 Å². The van der Waals surface area contributed by atoms with Crippen molar-refractivity contribution in [3.8, 4) is 0 Å². The van der Waals surface area contributed by atoms with Gasteiger partial charge in [-0.3, -0.25) is 4.99 Å². The third-order valence-electron chi connectivity index (χ3n) is 5.33. The Kier molecular flexibility index (Phi) is 13.6. The summed E-state index contributed by atoms with van der Waals surface area (Å²) in [4.78, 5) is 11.9. The van der Waals surface area contributed by atoms with E-state index in [0.29, 0.717) is 19.1 Å². The Balaban J connectivity index is 0.00000364. The van der Waals surface area contributed by atoms with E-state index in [2.05, 4.69) is 32.1 Å². The standard InChI is InChI=1S/C19H39N5O2.HI/c1-20-19(24-11-6-18(16-24)17-26-15-14-25-3)21-7-4-9-23-10-5-8-22(2)12-13-23;/h18H,4-17H2,1-3H3,(H,20,21);1H. The Hall–Kier alpha value is -0.160. The summed E-state index contributed by atoms with van der Waals surface area (Å²) in [6.07, 6.45) is 3.63. The molecule has 0 amide bonds. The van der Waals surface area contributed by atoms with E-state index in [9.17, 15) is 0 Å². The van der Waals surface area contributed by atoms with Crippen molar-refractivity contribution in [2.75, 3.05) is 93.4 Å². The minimum Gasteiger partial charge on any atom is -0.382 e. The Morgan fingerprint density at radius 2 is 2.00 bits per heavy atom. The number of ether oxygens (including phenoxy) is 2. The molecule has 2 aliphatic heterocycles. The SMILES string of the molecule is CN=C(NCCCN1CCCN(C)CC1)N1CCC(COCCOC)C1.I. The molecule has 1 N–H and O–H groups in total. The van der Waals surface area contributed by atoms with Crippen molar-refractivity contribution in [1.82, 2.24) is 20.0 Å². The number of hydrogen-bond acceptors (Lipinski definition) is 5. The summed E-state index contributed by atoms with van der Waals surface area (Å²) in [5, 5.41) is 3.55. The number of rotatable bonds is 9.